The molecule has 10 heteroatoms. The van der Waals surface area contributed by atoms with Crippen molar-refractivity contribution in [3.05, 3.63) is 77.2 Å². The third-order valence-electron chi connectivity index (χ3n) is 3.64. The van der Waals surface area contributed by atoms with Gasteiger partial charge in [-0.05, 0) is 42.0 Å². The van der Waals surface area contributed by atoms with E-state index in [2.05, 4.69) is 10.1 Å². The van der Waals surface area contributed by atoms with Gasteiger partial charge in [0.05, 0.1) is 11.3 Å². The SMILES string of the molecule is CS(=O)(=O)Cc1ccc(C(=O)OCc2nc(COc3ccc(F)cc3)no2)cc1. The number of nitrogens with zero attached hydrogens (tertiary/aromatic N) is 2. The highest BCUT2D eigenvalue weighted by Crippen LogP contribution is 2.13. The Balaban J connectivity index is 1.49. The summed E-state index contributed by atoms with van der Waals surface area (Å²) < 4.78 is 50.9. The van der Waals surface area contributed by atoms with E-state index in [4.69, 9.17) is 14.0 Å². The van der Waals surface area contributed by atoms with Crippen molar-refractivity contribution in [2.24, 2.45) is 0 Å². The molecule has 0 radical (unpaired) electrons. The van der Waals surface area contributed by atoms with Crippen LogP contribution >= 0.6 is 0 Å². The van der Waals surface area contributed by atoms with Gasteiger partial charge < -0.3 is 14.0 Å². The van der Waals surface area contributed by atoms with E-state index in [0.717, 1.165) is 6.26 Å². The lowest BCUT2D eigenvalue weighted by Gasteiger charge is -2.04. The first kappa shape index (κ1) is 20.5. The Morgan fingerprint density at radius 1 is 1.07 bits per heavy atom. The molecule has 0 aliphatic heterocycles. The highest BCUT2D eigenvalue weighted by atomic mass is 32.2. The second-order valence-corrected chi connectivity index (χ2v) is 8.33. The van der Waals surface area contributed by atoms with Crippen LogP contribution in [0.25, 0.3) is 0 Å². The van der Waals surface area contributed by atoms with Crippen molar-refractivity contribution in [1.82, 2.24) is 10.1 Å². The molecule has 1 heterocycles. The third-order valence-corrected chi connectivity index (χ3v) is 4.49. The van der Waals surface area contributed by atoms with Gasteiger partial charge in [0.1, 0.15) is 11.6 Å². The normalized spacial score (nSPS) is 11.2. The molecular formula is C19H17FN2O6S. The van der Waals surface area contributed by atoms with Gasteiger partial charge in [0.2, 0.25) is 5.82 Å². The molecule has 0 bridgehead atoms. The van der Waals surface area contributed by atoms with Gasteiger partial charge in [0, 0.05) is 6.26 Å². The highest BCUT2D eigenvalue weighted by Gasteiger charge is 2.13. The number of sulfone groups is 1. The number of ether oxygens (including phenoxy) is 2. The molecular weight excluding hydrogens is 403 g/mol. The van der Waals surface area contributed by atoms with Crippen molar-refractivity contribution in [2.45, 2.75) is 19.0 Å². The Kier molecular flexibility index (Phi) is 6.23. The first-order valence-corrected chi connectivity index (χ1v) is 10.5. The topological polar surface area (TPSA) is 109 Å². The number of benzene rings is 2. The standard InChI is InChI=1S/C19H17FN2O6S/c1-29(24,25)12-13-2-4-14(5-3-13)19(23)27-11-18-21-17(22-28-18)10-26-16-8-6-15(20)7-9-16/h2-9H,10-12H2,1H3. The number of aromatic nitrogens is 2. The molecule has 0 unspecified atom stereocenters. The van der Waals surface area contributed by atoms with E-state index in [9.17, 15) is 17.6 Å². The van der Waals surface area contributed by atoms with Gasteiger partial charge in [-0.25, -0.2) is 17.6 Å². The number of hydrogen-bond acceptors (Lipinski definition) is 8. The Morgan fingerprint density at radius 2 is 1.76 bits per heavy atom. The number of esters is 1. The Morgan fingerprint density at radius 3 is 2.41 bits per heavy atom. The first-order chi connectivity index (χ1) is 13.8. The van der Waals surface area contributed by atoms with Gasteiger partial charge in [-0.15, -0.1) is 0 Å². The summed E-state index contributed by atoms with van der Waals surface area (Å²) in [5, 5.41) is 3.71. The average Bonchev–Trinajstić information content (AvgIpc) is 3.13. The summed E-state index contributed by atoms with van der Waals surface area (Å²) in [7, 11) is -3.15. The molecule has 0 atom stereocenters. The summed E-state index contributed by atoms with van der Waals surface area (Å²) in [6, 6.07) is 11.6. The molecule has 3 rings (SSSR count). The molecule has 0 N–H and O–H groups in total. The Bertz CT molecular complexity index is 1080. The summed E-state index contributed by atoms with van der Waals surface area (Å²) in [4.78, 5) is 16.1. The molecule has 0 aliphatic rings. The van der Waals surface area contributed by atoms with Crippen molar-refractivity contribution in [2.75, 3.05) is 6.26 Å². The van der Waals surface area contributed by atoms with Crippen molar-refractivity contribution in [1.29, 1.82) is 0 Å². The van der Waals surface area contributed by atoms with E-state index in [1.54, 1.807) is 12.1 Å². The van der Waals surface area contributed by atoms with Crippen LogP contribution in [0.4, 0.5) is 4.39 Å². The number of hydrogen-bond donors (Lipinski definition) is 0. The summed E-state index contributed by atoms with van der Waals surface area (Å²) in [5.74, 6) is -0.310. The number of halogens is 1. The van der Waals surface area contributed by atoms with E-state index in [-0.39, 0.29) is 42.1 Å². The van der Waals surface area contributed by atoms with Crippen LogP contribution in [0.3, 0.4) is 0 Å². The van der Waals surface area contributed by atoms with Crippen LogP contribution in [0, 0.1) is 5.82 Å². The van der Waals surface area contributed by atoms with E-state index in [1.165, 1.54) is 36.4 Å². The van der Waals surface area contributed by atoms with Crippen molar-refractivity contribution in [3.8, 4) is 5.75 Å². The van der Waals surface area contributed by atoms with Crippen LogP contribution in [0.1, 0.15) is 27.6 Å². The monoisotopic (exact) mass is 420 g/mol. The average molecular weight is 420 g/mol. The maximum Gasteiger partial charge on any atom is 0.338 e. The van der Waals surface area contributed by atoms with E-state index >= 15 is 0 Å². The quantitative estimate of drug-likeness (QED) is 0.512. The predicted molar refractivity (Wildman–Crippen MR) is 99.1 cm³/mol. The fourth-order valence-electron chi connectivity index (χ4n) is 2.34. The number of carbonyl (C=O) groups excluding carboxylic acids is 1. The van der Waals surface area contributed by atoms with Gasteiger partial charge in [-0.2, -0.15) is 4.98 Å². The molecule has 0 saturated carbocycles. The van der Waals surface area contributed by atoms with E-state index < -0.39 is 15.8 Å². The molecule has 8 nitrogen and oxygen atoms in total. The Labute approximate surface area is 166 Å². The van der Waals surface area contributed by atoms with Crippen molar-refractivity contribution >= 4 is 15.8 Å². The van der Waals surface area contributed by atoms with E-state index in [1.807, 2.05) is 0 Å². The van der Waals surface area contributed by atoms with Gasteiger partial charge >= 0.3 is 5.97 Å². The minimum atomic E-state index is -3.15. The van der Waals surface area contributed by atoms with E-state index in [0.29, 0.717) is 11.3 Å². The lowest BCUT2D eigenvalue weighted by Crippen LogP contribution is -2.06. The zero-order chi connectivity index (χ0) is 20.9. The van der Waals surface area contributed by atoms with Crippen LogP contribution in [-0.4, -0.2) is 30.8 Å². The molecule has 0 fully saturated rings. The molecule has 0 aliphatic carbocycles. The Hall–Kier alpha value is -3.27. The smallest absolute Gasteiger partial charge is 0.338 e. The van der Waals surface area contributed by atoms with Gasteiger partial charge in [0.25, 0.3) is 5.89 Å². The second-order valence-electron chi connectivity index (χ2n) is 6.19. The van der Waals surface area contributed by atoms with Crippen molar-refractivity contribution < 1.29 is 31.6 Å². The molecule has 1 aromatic heterocycles. The number of rotatable bonds is 8. The molecule has 3 aromatic rings. The second kappa shape index (κ2) is 8.82. The minimum Gasteiger partial charge on any atom is -0.485 e. The lowest BCUT2D eigenvalue weighted by molar-refractivity contribution is 0.0430. The molecule has 152 valence electrons. The van der Waals surface area contributed by atoms with Crippen LogP contribution in [0.5, 0.6) is 5.75 Å². The molecule has 29 heavy (non-hydrogen) atoms. The minimum absolute atomic E-state index is 0.00484. The summed E-state index contributed by atoms with van der Waals surface area (Å²) >= 11 is 0. The highest BCUT2D eigenvalue weighted by molar-refractivity contribution is 7.89. The summed E-state index contributed by atoms with van der Waals surface area (Å²) in [6.45, 7) is -0.224. The fraction of sp³-hybridized carbons (Fsp3) is 0.211. The molecule has 0 spiro atoms. The zero-order valence-corrected chi connectivity index (χ0v) is 16.2. The predicted octanol–water partition coefficient (Wildman–Crippen LogP) is 2.69. The largest absolute Gasteiger partial charge is 0.485 e. The molecule has 2 aromatic carbocycles. The third kappa shape index (κ3) is 6.39. The van der Waals surface area contributed by atoms with Gasteiger partial charge in [-0.1, -0.05) is 17.3 Å². The number of carbonyl (C=O) groups is 1. The van der Waals surface area contributed by atoms with Crippen LogP contribution in [0.2, 0.25) is 0 Å². The van der Waals surface area contributed by atoms with Crippen LogP contribution in [-0.2, 0) is 33.5 Å². The summed E-state index contributed by atoms with van der Waals surface area (Å²) in [6.07, 6.45) is 1.14. The maximum atomic E-state index is 12.9. The maximum absolute atomic E-state index is 12.9. The van der Waals surface area contributed by atoms with Gasteiger partial charge in [-0.3, -0.25) is 0 Å². The fourth-order valence-corrected chi connectivity index (χ4v) is 3.13. The summed E-state index contributed by atoms with van der Waals surface area (Å²) in [5.41, 5.74) is 0.841. The molecule has 0 amide bonds. The van der Waals surface area contributed by atoms with Gasteiger partial charge in [0.15, 0.2) is 23.1 Å². The van der Waals surface area contributed by atoms with Crippen LogP contribution < -0.4 is 4.74 Å². The lowest BCUT2D eigenvalue weighted by atomic mass is 10.1. The first-order valence-electron chi connectivity index (χ1n) is 8.42. The van der Waals surface area contributed by atoms with Crippen molar-refractivity contribution in [3.63, 3.8) is 0 Å². The van der Waals surface area contributed by atoms with Crippen LogP contribution in [0.15, 0.2) is 53.1 Å². The molecule has 0 saturated heterocycles. The zero-order valence-electron chi connectivity index (χ0n) is 15.4.